The van der Waals surface area contributed by atoms with E-state index in [1.165, 1.54) is 11.3 Å². The Morgan fingerprint density at radius 3 is 2.18 bits per heavy atom. The van der Waals surface area contributed by atoms with Crippen LogP contribution in [0.15, 0.2) is 60.7 Å². The maximum atomic E-state index is 11.5. The van der Waals surface area contributed by atoms with Gasteiger partial charge < -0.3 is 5.32 Å². The molecule has 0 saturated heterocycles. The molecule has 2 aromatic carbocycles. The van der Waals surface area contributed by atoms with Gasteiger partial charge in [0.2, 0.25) is 5.91 Å². The lowest BCUT2D eigenvalue weighted by molar-refractivity contribution is -0.113. The van der Waals surface area contributed by atoms with Gasteiger partial charge in [-0.25, -0.2) is 4.98 Å². The van der Waals surface area contributed by atoms with Gasteiger partial charge in [0.05, 0.1) is 10.6 Å². The molecular weight excluding hydrogens is 316 g/mol. The highest BCUT2D eigenvalue weighted by molar-refractivity contribution is 7.19. The zero-order valence-electron chi connectivity index (χ0n) is 11.6. The van der Waals surface area contributed by atoms with E-state index in [1.807, 2.05) is 60.7 Å². The van der Waals surface area contributed by atoms with Gasteiger partial charge >= 0.3 is 0 Å². The number of carbonyl (C=O) groups is 1. The number of aromatic nitrogens is 1. The molecule has 0 saturated carbocycles. The third-order valence-electron chi connectivity index (χ3n) is 3.08. The highest BCUT2D eigenvalue weighted by Crippen LogP contribution is 2.38. The van der Waals surface area contributed by atoms with Gasteiger partial charge in [-0.1, -0.05) is 72.0 Å². The van der Waals surface area contributed by atoms with Crippen LogP contribution in [0.4, 0.5) is 5.13 Å². The zero-order chi connectivity index (χ0) is 15.4. The van der Waals surface area contributed by atoms with Crippen LogP contribution in [0.1, 0.15) is 0 Å². The maximum absolute atomic E-state index is 11.5. The first-order valence-electron chi connectivity index (χ1n) is 6.75. The molecular formula is C17H13ClN2OS. The van der Waals surface area contributed by atoms with Gasteiger partial charge in [0.1, 0.15) is 5.88 Å². The van der Waals surface area contributed by atoms with Crippen molar-refractivity contribution in [3.8, 4) is 21.7 Å². The molecule has 0 unspecified atom stereocenters. The monoisotopic (exact) mass is 328 g/mol. The van der Waals surface area contributed by atoms with Crippen LogP contribution in [-0.2, 0) is 4.79 Å². The molecule has 0 fully saturated rings. The molecule has 110 valence electrons. The lowest BCUT2D eigenvalue weighted by atomic mass is 10.1. The zero-order valence-corrected chi connectivity index (χ0v) is 13.2. The fourth-order valence-corrected chi connectivity index (χ4v) is 3.18. The number of anilines is 1. The predicted octanol–water partition coefficient (Wildman–Crippen LogP) is 4.65. The summed E-state index contributed by atoms with van der Waals surface area (Å²) in [5.74, 6) is -0.337. The Bertz CT molecular complexity index is 715. The number of thiazole rings is 1. The number of amides is 1. The van der Waals surface area contributed by atoms with Crippen LogP contribution >= 0.6 is 22.9 Å². The van der Waals surface area contributed by atoms with E-state index < -0.39 is 0 Å². The summed E-state index contributed by atoms with van der Waals surface area (Å²) in [6.45, 7) is 0. The number of hydrogen-bond donors (Lipinski definition) is 1. The molecule has 5 heteroatoms. The van der Waals surface area contributed by atoms with E-state index in [-0.39, 0.29) is 11.8 Å². The summed E-state index contributed by atoms with van der Waals surface area (Å²) in [6, 6.07) is 19.9. The molecule has 0 aliphatic carbocycles. The Kier molecular flexibility index (Phi) is 4.51. The molecule has 1 heterocycles. The van der Waals surface area contributed by atoms with Crippen molar-refractivity contribution in [2.45, 2.75) is 0 Å². The summed E-state index contributed by atoms with van der Waals surface area (Å²) in [7, 11) is 0. The summed E-state index contributed by atoms with van der Waals surface area (Å²) in [4.78, 5) is 17.1. The number of nitrogens with one attached hydrogen (secondary N) is 1. The number of hydrogen-bond acceptors (Lipinski definition) is 3. The topological polar surface area (TPSA) is 42.0 Å². The minimum Gasteiger partial charge on any atom is -0.301 e. The van der Waals surface area contributed by atoms with Gasteiger partial charge in [0.25, 0.3) is 0 Å². The molecule has 3 rings (SSSR count). The number of alkyl halides is 1. The van der Waals surface area contributed by atoms with E-state index in [1.54, 1.807) is 0 Å². The molecule has 3 nitrogen and oxygen atoms in total. The Labute approximate surface area is 137 Å². The standard InChI is InChI=1S/C17H13ClN2OS/c18-11-14(21)19-17-20-15(12-7-3-1-4-8-12)16(22-17)13-9-5-2-6-10-13/h1-10H,11H2,(H,19,20,21). The Hall–Kier alpha value is -2.17. The SMILES string of the molecule is O=C(CCl)Nc1nc(-c2ccccc2)c(-c2ccccc2)s1. The van der Waals surface area contributed by atoms with Crippen molar-refractivity contribution in [1.82, 2.24) is 4.98 Å². The van der Waals surface area contributed by atoms with Gasteiger partial charge in [-0.15, -0.1) is 11.6 Å². The lowest BCUT2D eigenvalue weighted by Crippen LogP contribution is -2.12. The summed E-state index contributed by atoms with van der Waals surface area (Å²) in [5.41, 5.74) is 2.95. The Morgan fingerprint density at radius 1 is 1.00 bits per heavy atom. The van der Waals surface area contributed by atoms with Gasteiger partial charge in [-0.2, -0.15) is 0 Å². The molecule has 1 N–H and O–H groups in total. The number of rotatable bonds is 4. The first-order valence-corrected chi connectivity index (χ1v) is 8.10. The predicted molar refractivity (Wildman–Crippen MR) is 92.3 cm³/mol. The van der Waals surface area contributed by atoms with Crippen LogP contribution in [0.5, 0.6) is 0 Å². The highest BCUT2D eigenvalue weighted by atomic mass is 35.5. The summed E-state index contributed by atoms with van der Waals surface area (Å²) in [6.07, 6.45) is 0. The van der Waals surface area contributed by atoms with Crippen molar-refractivity contribution >= 4 is 34.0 Å². The second-order valence-electron chi connectivity index (χ2n) is 4.61. The fraction of sp³-hybridized carbons (Fsp3) is 0.0588. The van der Waals surface area contributed by atoms with Crippen molar-refractivity contribution < 1.29 is 4.79 Å². The van der Waals surface area contributed by atoms with E-state index in [2.05, 4.69) is 10.3 Å². The summed E-state index contributed by atoms with van der Waals surface area (Å²) >= 11 is 7.00. The highest BCUT2D eigenvalue weighted by Gasteiger charge is 2.15. The molecule has 0 radical (unpaired) electrons. The molecule has 3 aromatic rings. The van der Waals surface area contributed by atoms with Crippen LogP contribution in [0.3, 0.4) is 0 Å². The molecule has 22 heavy (non-hydrogen) atoms. The molecule has 0 aliphatic heterocycles. The average Bonchev–Trinajstić information content (AvgIpc) is 3.00. The minimum absolute atomic E-state index is 0.0824. The maximum Gasteiger partial charge on any atom is 0.241 e. The summed E-state index contributed by atoms with van der Waals surface area (Å²) < 4.78 is 0. The van der Waals surface area contributed by atoms with Gasteiger partial charge in [0, 0.05) is 5.56 Å². The number of nitrogens with zero attached hydrogens (tertiary/aromatic N) is 1. The second-order valence-corrected chi connectivity index (χ2v) is 5.88. The third kappa shape index (κ3) is 3.18. The lowest BCUT2D eigenvalue weighted by Gasteiger charge is -2.02. The van der Waals surface area contributed by atoms with Crippen LogP contribution in [0, 0.1) is 0 Å². The van der Waals surface area contributed by atoms with Crippen molar-refractivity contribution in [2.24, 2.45) is 0 Å². The van der Waals surface area contributed by atoms with Gasteiger partial charge in [0.15, 0.2) is 5.13 Å². The third-order valence-corrected chi connectivity index (χ3v) is 4.34. The quantitative estimate of drug-likeness (QED) is 0.708. The minimum atomic E-state index is -0.255. The molecule has 1 amide bonds. The molecule has 0 spiro atoms. The van der Waals surface area contributed by atoms with Crippen LogP contribution in [-0.4, -0.2) is 16.8 Å². The average molecular weight is 329 g/mol. The largest absolute Gasteiger partial charge is 0.301 e. The van der Waals surface area contributed by atoms with Crippen LogP contribution < -0.4 is 5.32 Å². The Balaban J connectivity index is 2.08. The smallest absolute Gasteiger partial charge is 0.241 e. The van der Waals surface area contributed by atoms with E-state index in [0.29, 0.717) is 5.13 Å². The molecule has 0 aliphatic rings. The van der Waals surface area contributed by atoms with Crippen molar-refractivity contribution in [3.05, 3.63) is 60.7 Å². The first-order chi connectivity index (χ1) is 10.8. The van der Waals surface area contributed by atoms with E-state index >= 15 is 0 Å². The fourth-order valence-electron chi connectivity index (χ4n) is 2.10. The summed E-state index contributed by atoms with van der Waals surface area (Å²) in [5, 5.41) is 3.29. The second kappa shape index (κ2) is 6.73. The van der Waals surface area contributed by atoms with E-state index in [4.69, 9.17) is 11.6 Å². The first kappa shape index (κ1) is 14.8. The van der Waals surface area contributed by atoms with Gasteiger partial charge in [-0.05, 0) is 5.56 Å². The van der Waals surface area contributed by atoms with Crippen molar-refractivity contribution in [1.29, 1.82) is 0 Å². The number of carbonyl (C=O) groups excluding carboxylic acids is 1. The normalized spacial score (nSPS) is 10.4. The van der Waals surface area contributed by atoms with Crippen LogP contribution in [0.25, 0.3) is 21.7 Å². The molecule has 0 atom stereocenters. The van der Waals surface area contributed by atoms with E-state index in [0.717, 1.165) is 21.7 Å². The number of halogens is 1. The Morgan fingerprint density at radius 2 is 1.59 bits per heavy atom. The van der Waals surface area contributed by atoms with Gasteiger partial charge in [-0.3, -0.25) is 4.79 Å². The van der Waals surface area contributed by atoms with E-state index in [9.17, 15) is 4.79 Å². The molecule has 1 aromatic heterocycles. The van der Waals surface area contributed by atoms with Crippen molar-refractivity contribution in [3.63, 3.8) is 0 Å². The molecule has 0 bridgehead atoms. The van der Waals surface area contributed by atoms with Crippen LogP contribution in [0.2, 0.25) is 0 Å². The van der Waals surface area contributed by atoms with Crippen molar-refractivity contribution in [2.75, 3.05) is 11.2 Å². The number of benzene rings is 2.